The molecule has 0 aliphatic heterocycles. The molecule has 3 N–H and O–H groups in total. The predicted octanol–water partition coefficient (Wildman–Crippen LogP) is -1.24. The molecule has 0 radical (unpaired) electrons. The first-order chi connectivity index (χ1) is 2.00. The van der Waals surface area contributed by atoms with Crippen molar-refractivity contribution in [2.45, 2.75) is 0 Å². The van der Waals surface area contributed by atoms with Crippen LogP contribution in [0.1, 0.15) is 5.71 Å². The summed E-state index contributed by atoms with van der Waals surface area (Å²) in [7, 11) is -4.64. The largest absolute Gasteiger partial charge is 2.00 e. The fraction of sp³-hybridized carbons (Fsp3) is 0. The van der Waals surface area contributed by atoms with Gasteiger partial charge >= 0.3 is 91.0 Å². The van der Waals surface area contributed by atoms with Gasteiger partial charge in [0.2, 0.25) is 0 Å². The summed E-state index contributed by atoms with van der Waals surface area (Å²) in [5.41, 5.74) is 0. The van der Waals surface area contributed by atoms with Gasteiger partial charge in [-0.25, -0.2) is 4.57 Å². The molecule has 0 aromatic carbocycles. The number of hydrogen-bond donors (Lipinski definition) is 3. The van der Waals surface area contributed by atoms with E-state index in [1.54, 1.807) is 0 Å². The van der Waals surface area contributed by atoms with E-state index in [1.807, 2.05) is 0 Å². The van der Waals surface area contributed by atoms with E-state index in [2.05, 4.69) is 0 Å². The molecule has 0 amide bonds. The van der Waals surface area contributed by atoms with Gasteiger partial charge in [-0.2, -0.15) is 0 Å². The van der Waals surface area contributed by atoms with Crippen LogP contribution >= 0.6 is 7.82 Å². The molecule has 0 saturated heterocycles. The van der Waals surface area contributed by atoms with Crippen LogP contribution in [-0.2, 0) is 30.8 Å². The van der Waals surface area contributed by atoms with Crippen molar-refractivity contribution in [1.29, 1.82) is 0 Å². The molecule has 0 saturated carbocycles. The van der Waals surface area contributed by atoms with Crippen molar-refractivity contribution in [3.63, 3.8) is 0 Å². The second-order valence-electron chi connectivity index (χ2n) is 0.513. The first kappa shape index (κ1) is 22.6. The standard InChI is InChI=1S/Ca.H3O4P.Sr.Zr.4H/c;1-5(2,3)4;;;;;;/h;(H3,1,2,3,4);;;;;;/q+2;;+2;;4*-1. The zero-order valence-corrected chi connectivity index (χ0v) is 13.1. The van der Waals surface area contributed by atoms with Crippen molar-refractivity contribution >= 4 is 91.0 Å². The molecule has 0 atom stereocenters. The zero-order valence-electron chi connectivity index (χ0n) is 8.11. The van der Waals surface area contributed by atoms with Crippen molar-refractivity contribution < 1.29 is 51.2 Å². The van der Waals surface area contributed by atoms with Crippen molar-refractivity contribution in [1.82, 2.24) is 0 Å². The molecule has 0 heterocycles. The summed E-state index contributed by atoms with van der Waals surface area (Å²) in [4.78, 5) is 21.6. The van der Waals surface area contributed by atoms with E-state index in [0.717, 1.165) is 0 Å². The minimum atomic E-state index is -4.64. The van der Waals surface area contributed by atoms with Crippen LogP contribution in [0.15, 0.2) is 0 Å². The Balaban J connectivity index is -0.00000000381. The third-order valence-electron chi connectivity index (χ3n) is 0. The quantitative estimate of drug-likeness (QED) is 0.385. The molecule has 4 nitrogen and oxygen atoms in total. The average molecular weight is 321 g/mol. The van der Waals surface area contributed by atoms with Crippen LogP contribution in [0, 0.1) is 0 Å². The monoisotopic (exact) mass is 320 g/mol. The van der Waals surface area contributed by atoms with E-state index in [0.29, 0.717) is 0 Å². The van der Waals surface area contributed by atoms with Crippen LogP contribution in [0.5, 0.6) is 0 Å². The third kappa shape index (κ3) is 53.3. The van der Waals surface area contributed by atoms with Crippen molar-refractivity contribution in [2.24, 2.45) is 0 Å². The van der Waals surface area contributed by atoms with Crippen LogP contribution in [0.2, 0.25) is 0 Å². The maximum absolute atomic E-state index is 8.88. The summed E-state index contributed by atoms with van der Waals surface area (Å²) in [6.45, 7) is 0. The molecule has 0 aromatic rings. The molecule has 44 valence electrons. The Morgan fingerprint density at radius 3 is 1.25 bits per heavy atom. The Kier molecular flexibility index (Phi) is 30.3. The van der Waals surface area contributed by atoms with Gasteiger partial charge < -0.3 is 20.4 Å². The van der Waals surface area contributed by atoms with Gasteiger partial charge in [0.25, 0.3) is 0 Å². The summed E-state index contributed by atoms with van der Waals surface area (Å²) in [5, 5.41) is 0. The summed E-state index contributed by atoms with van der Waals surface area (Å²) >= 11 is 0. The normalized spacial score (nSPS) is 7.38. The SMILES string of the molecule is O=P(O)(O)O.[Ca+2].[H-].[H-].[H-].[H-].[Sr+2].[Zr]. The molecule has 8 heavy (non-hydrogen) atoms. The zero-order chi connectivity index (χ0) is 4.50. The molecule has 0 fully saturated rings. The first-order valence-corrected chi connectivity index (χ1v) is 2.35. The maximum atomic E-state index is 8.88. The van der Waals surface area contributed by atoms with Crippen LogP contribution in [0.4, 0.5) is 0 Å². The summed E-state index contributed by atoms with van der Waals surface area (Å²) in [6.07, 6.45) is 0. The molecule has 0 unspecified atom stereocenters. The minimum Gasteiger partial charge on any atom is -1.00 e. The van der Waals surface area contributed by atoms with Gasteiger partial charge in [-0.15, -0.1) is 0 Å². The fourth-order valence-electron chi connectivity index (χ4n) is 0. The number of rotatable bonds is 0. The Labute approximate surface area is 139 Å². The maximum Gasteiger partial charge on any atom is 2.00 e. The molecule has 0 aliphatic carbocycles. The van der Waals surface area contributed by atoms with Crippen molar-refractivity contribution in [2.75, 3.05) is 0 Å². The van der Waals surface area contributed by atoms with Gasteiger partial charge in [-0.1, -0.05) is 0 Å². The van der Waals surface area contributed by atoms with Gasteiger partial charge in [0.15, 0.2) is 0 Å². The smallest absolute Gasteiger partial charge is 1.00 e. The Hall–Kier alpha value is 3.73. The molecule has 0 bridgehead atoms. The summed E-state index contributed by atoms with van der Waals surface area (Å²) in [6, 6.07) is 0. The van der Waals surface area contributed by atoms with Crippen molar-refractivity contribution in [3.8, 4) is 0 Å². The molecule has 0 aliphatic rings. The van der Waals surface area contributed by atoms with E-state index in [1.165, 1.54) is 0 Å². The van der Waals surface area contributed by atoms with Gasteiger partial charge in [0, 0.05) is 26.2 Å². The Morgan fingerprint density at radius 1 is 1.25 bits per heavy atom. The van der Waals surface area contributed by atoms with E-state index in [9.17, 15) is 0 Å². The first-order valence-electron chi connectivity index (χ1n) is 0.783. The van der Waals surface area contributed by atoms with Crippen LogP contribution in [0.3, 0.4) is 0 Å². The molecular weight excluding hydrogens is 314 g/mol. The van der Waals surface area contributed by atoms with E-state index < -0.39 is 7.82 Å². The minimum absolute atomic E-state index is 0. The average Bonchev–Trinajstić information content (AvgIpc) is 0.722. The van der Waals surface area contributed by atoms with E-state index in [4.69, 9.17) is 19.2 Å². The van der Waals surface area contributed by atoms with E-state index in [-0.39, 0.29) is 115 Å². The van der Waals surface area contributed by atoms with Gasteiger partial charge in [0.05, 0.1) is 0 Å². The van der Waals surface area contributed by atoms with Crippen LogP contribution in [-0.4, -0.2) is 97.9 Å². The Morgan fingerprint density at radius 2 is 1.25 bits per heavy atom. The van der Waals surface area contributed by atoms with Crippen molar-refractivity contribution in [3.05, 3.63) is 0 Å². The topological polar surface area (TPSA) is 77.8 Å². The molecular formula is H7CaO4PSrZr. The number of phosphoric acid groups is 1. The second kappa shape index (κ2) is 10.7. The second-order valence-corrected chi connectivity index (χ2v) is 1.54. The summed E-state index contributed by atoms with van der Waals surface area (Å²) in [5.74, 6) is 0. The predicted molar refractivity (Wildman–Crippen MR) is 30.2 cm³/mol. The van der Waals surface area contributed by atoms with Crippen LogP contribution in [0.25, 0.3) is 0 Å². The Bertz CT molecular complexity index is 73.2. The molecule has 0 rings (SSSR count). The third-order valence-corrected chi connectivity index (χ3v) is 0. The summed E-state index contributed by atoms with van der Waals surface area (Å²) < 4.78 is 8.88. The van der Waals surface area contributed by atoms with Gasteiger partial charge in [-0.3, -0.25) is 0 Å². The van der Waals surface area contributed by atoms with Gasteiger partial charge in [-0.05, 0) is 0 Å². The molecule has 0 spiro atoms. The van der Waals surface area contributed by atoms with Crippen LogP contribution < -0.4 is 0 Å². The fourth-order valence-corrected chi connectivity index (χ4v) is 0. The number of hydrogen-bond acceptors (Lipinski definition) is 1. The molecule has 0 aromatic heterocycles. The molecule has 8 heteroatoms. The van der Waals surface area contributed by atoms with Gasteiger partial charge in [0.1, 0.15) is 0 Å². The van der Waals surface area contributed by atoms with E-state index >= 15 is 0 Å².